The quantitative estimate of drug-likeness (QED) is 0.809. The van der Waals surface area contributed by atoms with Gasteiger partial charge in [0.15, 0.2) is 5.69 Å². The van der Waals surface area contributed by atoms with Crippen molar-refractivity contribution in [2.45, 2.75) is 19.1 Å². The number of anilines is 1. The van der Waals surface area contributed by atoms with Gasteiger partial charge in [0, 0.05) is 7.11 Å². The van der Waals surface area contributed by atoms with Gasteiger partial charge < -0.3 is 19.9 Å². The summed E-state index contributed by atoms with van der Waals surface area (Å²) >= 11 is 0. The number of ether oxygens (including phenoxy) is 2. The highest BCUT2D eigenvalue weighted by Crippen LogP contribution is 2.24. The molecule has 0 amide bonds. The molecular formula is C16H19N3O4. The third-order valence-electron chi connectivity index (χ3n) is 3.40. The number of rotatable bonds is 7. The largest absolute Gasteiger partial charge is 0.497 e. The summed E-state index contributed by atoms with van der Waals surface area (Å²) in [5, 5.41) is 12.0. The molecule has 0 saturated heterocycles. The van der Waals surface area contributed by atoms with Crippen LogP contribution in [-0.2, 0) is 4.74 Å². The summed E-state index contributed by atoms with van der Waals surface area (Å²) in [5.74, 6) is 0.155. The Morgan fingerprint density at radius 3 is 2.35 bits per heavy atom. The Morgan fingerprint density at radius 1 is 1.17 bits per heavy atom. The first-order valence-electron chi connectivity index (χ1n) is 7.03. The molecule has 0 fully saturated rings. The van der Waals surface area contributed by atoms with Gasteiger partial charge >= 0.3 is 5.97 Å². The number of hydrogen-bond acceptors (Lipinski definition) is 6. The number of carbonyl (C=O) groups is 1. The Kier molecular flexibility index (Phi) is 5.48. The lowest BCUT2D eigenvalue weighted by Gasteiger charge is -2.24. The number of nitrogens with zero attached hydrogens (tertiary/aromatic N) is 2. The summed E-state index contributed by atoms with van der Waals surface area (Å²) in [6, 6.07) is 7.51. The van der Waals surface area contributed by atoms with E-state index in [1.165, 1.54) is 12.4 Å². The first-order chi connectivity index (χ1) is 11.0. The molecule has 0 aliphatic heterocycles. The van der Waals surface area contributed by atoms with Crippen LogP contribution in [0, 0.1) is 0 Å². The van der Waals surface area contributed by atoms with Crippen LogP contribution < -0.4 is 10.1 Å². The maximum atomic E-state index is 10.8. The maximum Gasteiger partial charge on any atom is 0.356 e. The molecular weight excluding hydrogens is 298 g/mol. The monoisotopic (exact) mass is 317 g/mol. The molecule has 1 aromatic heterocycles. The van der Waals surface area contributed by atoms with Crippen LogP contribution in [0.3, 0.4) is 0 Å². The van der Waals surface area contributed by atoms with Crippen molar-refractivity contribution < 1.29 is 19.4 Å². The van der Waals surface area contributed by atoms with Gasteiger partial charge in [0.1, 0.15) is 17.7 Å². The Hall–Kier alpha value is -2.67. The van der Waals surface area contributed by atoms with E-state index in [0.717, 1.165) is 11.3 Å². The molecule has 0 spiro atoms. The predicted octanol–water partition coefficient (Wildman–Crippen LogP) is 2.37. The van der Waals surface area contributed by atoms with E-state index in [1.807, 2.05) is 31.2 Å². The smallest absolute Gasteiger partial charge is 0.356 e. The Bertz CT molecular complexity index is 643. The van der Waals surface area contributed by atoms with E-state index < -0.39 is 5.97 Å². The van der Waals surface area contributed by atoms with Crippen LogP contribution in [0.15, 0.2) is 36.7 Å². The highest BCUT2D eigenvalue weighted by atomic mass is 16.5. The molecule has 0 bridgehead atoms. The van der Waals surface area contributed by atoms with Crippen LogP contribution in [0.2, 0.25) is 0 Å². The van der Waals surface area contributed by atoms with Crippen molar-refractivity contribution in [2.24, 2.45) is 0 Å². The minimum absolute atomic E-state index is 0.0957. The topological polar surface area (TPSA) is 93.6 Å². The van der Waals surface area contributed by atoms with Crippen LogP contribution in [0.25, 0.3) is 0 Å². The normalized spacial score (nSPS) is 13.2. The maximum absolute atomic E-state index is 10.8. The summed E-state index contributed by atoms with van der Waals surface area (Å²) in [5.41, 5.74) is 0.894. The zero-order valence-electron chi connectivity index (χ0n) is 13.2. The molecule has 2 aromatic rings. The van der Waals surface area contributed by atoms with Crippen molar-refractivity contribution in [3.8, 4) is 5.75 Å². The van der Waals surface area contributed by atoms with Gasteiger partial charge in [-0.15, -0.1) is 0 Å². The van der Waals surface area contributed by atoms with Crippen LogP contribution >= 0.6 is 0 Å². The first-order valence-corrected chi connectivity index (χ1v) is 7.03. The summed E-state index contributed by atoms with van der Waals surface area (Å²) < 4.78 is 10.7. The molecule has 2 atom stereocenters. The second-order valence-corrected chi connectivity index (χ2v) is 4.95. The SMILES string of the molecule is COc1ccc(C(OC)C(C)Nc2cnc(C(=O)O)cn2)cc1. The third kappa shape index (κ3) is 4.17. The summed E-state index contributed by atoms with van der Waals surface area (Å²) in [6.07, 6.45) is 2.40. The zero-order valence-corrected chi connectivity index (χ0v) is 13.2. The molecule has 1 aromatic carbocycles. The number of methoxy groups -OCH3 is 2. The minimum Gasteiger partial charge on any atom is -0.497 e. The minimum atomic E-state index is -1.11. The number of aromatic nitrogens is 2. The average molecular weight is 317 g/mol. The third-order valence-corrected chi connectivity index (χ3v) is 3.40. The number of aromatic carboxylic acids is 1. The Labute approximate surface area is 134 Å². The molecule has 0 aliphatic rings. The molecule has 2 unspecified atom stereocenters. The zero-order chi connectivity index (χ0) is 16.8. The molecule has 23 heavy (non-hydrogen) atoms. The fourth-order valence-electron chi connectivity index (χ4n) is 2.24. The van der Waals surface area contributed by atoms with Crippen molar-refractivity contribution in [3.05, 3.63) is 47.9 Å². The summed E-state index contributed by atoms with van der Waals surface area (Å²) in [7, 11) is 3.25. The molecule has 7 heteroatoms. The van der Waals surface area contributed by atoms with Crippen LogP contribution in [-0.4, -0.2) is 41.3 Å². The molecule has 1 heterocycles. The van der Waals surface area contributed by atoms with Crippen molar-refractivity contribution >= 4 is 11.8 Å². The second-order valence-electron chi connectivity index (χ2n) is 4.95. The van der Waals surface area contributed by atoms with Gasteiger partial charge in [0.05, 0.1) is 25.5 Å². The first kappa shape index (κ1) is 16.7. The van der Waals surface area contributed by atoms with E-state index in [4.69, 9.17) is 14.6 Å². The van der Waals surface area contributed by atoms with E-state index in [0.29, 0.717) is 5.82 Å². The summed E-state index contributed by atoms with van der Waals surface area (Å²) in [4.78, 5) is 18.7. The fourth-order valence-corrected chi connectivity index (χ4v) is 2.24. The Morgan fingerprint density at radius 2 is 1.87 bits per heavy atom. The van der Waals surface area contributed by atoms with Gasteiger partial charge in [-0.05, 0) is 24.6 Å². The molecule has 2 rings (SSSR count). The lowest BCUT2D eigenvalue weighted by atomic mass is 10.0. The summed E-state index contributed by atoms with van der Waals surface area (Å²) in [6.45, 7) is 1.95. The van der Waals surface area contributed by atoms with Gasteiger partial charge in [-0.1, -0.05) is 12.1 Å². The van der Waals surface area contributed by atoms with E-state index in [9.17, 15) is 4.79 Å². The number of benzene rings is 1. The number of hydrogen-bond donors (Lipinski definition) is 2. The number of carboxylic acid groups (broad SMARTS) is 1. The van der Waals surface area contributed by atoms with Crippen molar-refractivity contribution in [1.82, 2.24) is 9.97 Å². The van der Waals surface area contributed by atoms with Crippen molar-refractivity contribution in [2.75, 3.05) is 19.5 Å². The van der Waals surface area contributed by atoms with Crippen LogP contribution in [0.4, 0.5) is 5.82 Å². The molecule has 122 valence electrons. The van der Waals surface area contributed by atoms with Gasteiger partial charge in [-0.2, -0.15) is 0 Å². The van der Waals surface area contributed by atoms with E-state index in [-0.39, 0.29) is 17.8 Å². The average Bonchev–Trinajstić information content (AvgIpc) is 2.56. The molecule has 7 nitrogen and oxygen atoms in total. The highest BCUT2D eigenvalue weighted by molar-refractivity contribution is 5.84. The second kappa shape index (κ2) is 7.55. The number of nitrogens with one attached hydrogen (secondary N) is 1. The van der Waals surface area contributed by atoms with E-state index in [1.54, 1.807) is 14.2 Å². The molecule has 0 radical (unpaired) electrons. The van der Waals surface area contributed by atoms with E-state index in [2.05, 4.69) is 15.3 Å². The van der Waals surface area contributed by atoms with Crippen LogP contribution in [0.1, 0.15) is 29.1 Å². The lowest BCUT2D eigenvalue weighted by molar-refractivity contribution is 0.0690. The molecule has 2 N–H and O–H groups in total. The van der Waals surface area contributed by atoms with Crippen molar-refractivity contribution in [1.29, 1.82) is 0 Å². The highest BCUT2D eigenvalue weighted by Gasteiger charge is 2.19. The van der Waals surface area contributed by atoms with E-state index >= 15 is 0 Å². The van der Waals surface area contributed by atoms with Gasteiger partial charge in [-0.25, -0.2) is 14.8 Å². The van der Waals surface area contributed by atoms with Crippen molar-refractivity contribution in [3.63, 3.8) is 0 Å². The molecule has 0 saturated carbocycles. The Balaban J connectivity index is 2.09. The number of carboxylic acids is 1. The van der Waals surface area contributed by atoms with Gasteiger partial charge in [0.25, 0.3) is 0 Å². The standard InChI is InChI=1S/C16H19N3O4/c1-10(19-14-9-17-13(8-18-14)16(20)21)15(23-3)11-4-6-12(22-2)7-5-11/h4-10,15H,1-3H3,(H,18,19)(H,20,21). The lowest BCUT2D eigenvalue weighted by Crippen LogP contribution is -2.26. The van der Waals surface area contributed by atoms with Gasteiger partial charge in [0.2, 0.25) is 0 Å². The predicted molar refractivity (Wildman–Crippen MR) is 84.8 cm³/mol. The fraction of sp³-hybridized carbons (Fsp3) is 0.312. The molecule has 0 aliphatic carbocycles. The van der Waals surface area contributed by atoms with Crippen LogP contribution in [0.5, 0.6) is 5.75 Å². The van der Waals surface area contributed by atoms with Gasteiger partial charge in [-0.3, -0.25) is 0 Å².